The number of carbonyl (C=O) groups is 1. The Balaban J connectivity index is 2.33. The number of ether oxygens (including phenoxy) is 1. The molecule has 0 radical (unpaired) electrons. The molecule has 2 N–H and O–H groups in total. The van der Waals surface area contributed by atoms with Gasteiger partial charge in [0.25, 0.3) is 0 Å². The Morgan fingerprint density at radius 2 is 2.29 bits per heavy atom. The smallest absolute Gasteiger partial charge is 0.337 e. The van der Waals surface area contributed by atoms with E-state index in [1.807, 2.05) is 0 Å². The average Bonchev–Trinajstić information content (AvgIpc) is 2.42. The van der Waals surface area contributed by atoms with Gasteiger partial charge < -0.3 is 10.5 Å². The predicted octanol–water partition coefficient (Wildman–Crippen LogP) is 0.239. The van der Waals surface area contributed by atoms with Gasteiger partial charge >= 0.3 is 5.97 Å². The van der Waals surface area contributed by atoms with Gasteiger partial charge in [0.05, 0.1) is 12.7 Å². The summed E-state index contributed by atoms with van der Waals surface area (Å²) in [4.78, 5) is 13.8. The minimum atomic E-state index is -0.264. The van der Waals surface area contributed by atoms with E-state index in [4.69, 9.17) is 10.5 Å². The fourth-order valence-corrected chi connectivity index (χ4v) is 2.56. The van der Waals surface area contributed by atoms with Gasteiger partial charge in [-0.3, -0.25) is 4.90 Å². The summed E-state index contributed by atoms with van der Waals surface area (Å²) in [6, 6.07) is 0.703. The SMILES string of the molecule is COC(=O)C1=C(N)C[C@@H]2CC[C@H]1N2C. The molecular weight excluding hydrogens is 180 g/mol. The van der Waals surface area contributed by atoms with Crippen molar-refractivity contribution in [1.29, 1.82) is 0 Å². The normalized spacial score (nSPS) is 32.1. The summed E-state index contributed by atoms with van der Waals surface area (Å²) in [6.45, 7) is 0. The molecule has 2 aliphatic heterocycles. The molecular formula is C10H16N2O2. The van der Waals surface area contributed by atoms with E-state index in [-0.39, 0.29) is 12.0 Å². The molecule has 0 aromatic rings. The Morgan fingerprint density at radius 3 is 2.93 bits per heavy atom. The molecule has 2 rings (SSSR count). The van der Waals surface area contributed by atoms with Crippen LogP contribution in [0.25, 0.3) is 0 Å². The molecule has 0 aliphatic carbocycles. The Bertz CT molecular complexity index is 298. The molecule has 2 heterocycles. The maximum absolute atomic E-state index is 11.5. The quantitative estimate of drug-likeness (QED) is 0.610. The highest BCUT2D eigenvalue weighted by molar-refractivity contribution is 5.91. The second-order valence-electron chi connectivity index (χ2n) is 4.05. The third-order valence-electron chi connectivity index (χ3n) is 3.38. The van der Waals surface area contributed by atoms with E-state index >= 15 is 0 Å². The van der Waals surface area contributed by atoms with E-state index in [0.717, 1.165) is 25.0 Å². The lowest BCUT2D eigenvalue weighted by Crippen LogP contribution is -2.42. The molecule has 2 bridgehead atoms. The Morgan fingerprint density at radius 1 is 1.57 bits per heavy atom. The molecule has 78 valence electrons. The van der Waals surface area contributed by atoms with Crippen LogP contribution in [0.5, 0.6) is 0 Å². The summed E-state index contributed by atoms with van der Waals surface area (Å²) in [7, 11) is 3.46. The van der Waals surface area contributed by atoms with E-state index in [0.29, 0.717) is 11.6 Å². The van der Waals surface area contributed by atoms with E-state index in [9.17, 15) is 4.79 Å². The van der Waals surface area contributed by atoms with Crippen molar-refractivity contribution in [1.82, 2.24) is 4.90 Å². The van der Waals surface area contributed by atoms with Gasteiger partial charge in [0.1, 0.15) is 0 Å². The predicted molar refractivity (Wildman–Crippen MR) is 52.4 cm³/mol. The summed E-state index contributed by atoms with van der Waals surface area (Å²) in [5.74, 6) is -0.264. The highest BCUT2D eigenvalue weighted by Crippen LogP contribution is 2.36. The van der Waals surface area contributed by atoms with Crippen molar-refractivity contribution < 1.29 is 9.53 Å². The van der Waals surface area contributed by atoms with Crippen molar-refractivity contribution in [3.63, 3.8) is 0 Å². The van der Waals surface area contributed by atoms with Crippen molar-refractivity contribution in [2.75, 3.05) is 14.2 Å². The van der Waals surface area contributed by atoms with E-state index in [1.165, 1.54) is 7.11 Å². The molecule has 0 unspecified atom stereocenters. The standard InChI is InChI=1S/C10H16N2O2/c1-12-6-3-4-8(12)9(7(11)5-6)10(13)14-2/h6,8H,3-5,11H2,1-2H3/t6-,8+/m0/s1. The first-order valence-electron chi connectivity index (χ1n) is 4.94. The maximum Gasteiger partial charge on any atom is 0.337 e. The minimum Gasteiger partial charge on any atom is -0.466 e. The third-order valence-corrected chi connectivity index (χ3v) is 3.38. The van der Waals surface area contributed by atoms with Crippen molar-refractivity contribution in [3.8, 4) is 0 Å². The molecule has 2 aliphatic rings. The molecule has 1 fully saturated rings. The van der Waals surface area contributed by atoms with Crippen LogP contribution >= 0.6 is 0 Å². The topological polar surface area (TPSA) is 55.6 Å². The number of fused-ring (bicyclic) bond motifs is 2. The number of hydrogen-bond donors (Lipinski definition) is 1. The molecule has 4 heteroatoms. The number of rotatable bonds is 1. The lowest BCUT2D eigenvalue weighted by molar-refractivity contribution is -0.137. The lowest BCUT2D eigenvalue weighted by Gasteiger charge is -2.32. The van der Waals surface area contributed by atoms with E-state index in [1.54, 1.807) is 0 Å². The second-order valence-corrected chi connectivity index (χ2v) is 4.05. The van der Waals surface area contributed by atoms with Gasteiger partial charge in [-0.15, -0.1) is 0 Å². The maximum atomic E-state index is 11.5. The number of likely N-dealkylation sites (N-methyl/N-ethyl adjacent to an activating group) is 1. The van der Waals surface area contributed by atoms with Crippen LogP contribution in [-0.4, -0.2) is 37.1 Å². The Hall–Kier alpha value is -1.03. The molecule has 4 nitrogen and oxygen atoms in total. The van der Waals surface area contributed by atoms with Crippen LogP contribution in [0.1, 0.15) is 19.3 Å². The first-order chi connectivity index (χ1) is 6.65. The second kappa shape index (κ2) is 3.28. The fraction of sp³-hybridized carbons (Fsp3) is 0.700. The van der Waals surface area contributed by atoms with Gasteiger partial charge in [-0.1, -0.05) is 0 Å². The molecule has 2 atom stereocenters. The largest absolute Gasteiger partial charge is 0.466 e. The van der Waals surface area contributed by atoms with Crippen LogP contribution in [0.4, 0.5) is 0 Å². The number of hydrogen-bond acceptors (Lipinski definition) is 4. The average molecular weight is 196 g/mol. The Labute approximate surface area is 83.7 Å². The third kappa shape index (κ3) is 1.21. The number of carbonyl (C=O) groups excluding carboxylic acids is 1. The zero-order valence-electron chi connectivity index (χ0n) is 8.62. The van der Waals surface area contributed by atoms with Crippen LogP contribution in [0.2, 0.25) is 0 Å². The van der Waals surface area contributed by atoms with Crippen LogP contribution in [-0.2, 0) is 9.53 Å². The summed E-state index contributed by atoms with van der Waals surface area (Å²) < 4.78 is 4.76. The summed E-state index contributed by atoms with van der Waals surface area (Å²) in [6.07, 6.45) is 2.95. The van der Waals surface area contributed by atoms with E-state index in [2.05, 4.69) is 11.9 Å². The van der Waals surface area contributed by atoms with Gasteiger partial charge in [0.15, 0.2) is 0 Å². The zero-order valence-corrected chi connectivity index (χ0v) is 8.62. The molecule has 0 aromatic heterocycles. The van der Waals surface area contributed by atoms with Crippen molar-refractivity contribution in [2.45, 2.75) is 31.3 Å². The van der Waals surface area contributed by atoms with E-state index < -0.39 is 0 Å². The molecule has 1 saturated heterocycles. The Kier molecular flexibility index (Phi) is 2.23. The summed E-state index contributed by atoms with van der Waals surface area (Å²) in [5, 5.41) is 0. The molecule has 0 aromatic carbocycles. The monoisotopic (exact) mass is 196 g/mol. The van der Waals surface area contributed by atoms with Gasteiger partial charge in [-0.25, -0.2) is 4.79 Å². The number of nitrogens with zero attached hydrogens (tertiary/aromatic N) is 1. The number of esters is 1. The highest BCUT2D eigenvalue weighted by Gasteiger charge is 2.41. The van der Waals surface area contributed by atoms with Gasteiger partial charge in [0, 0.05) is 24.2 Å². The van der Waals surface area contributed by atoms with Crippen LogP contribution < -0.4 is 5.73 Å². The van der Waals surface area contributed by atoms with Gasteiger partial charge in [0.2, 0.25) is 0 Å². The van der Waals surface area contributed by atoms with Gasteiger partial charge in [-0.2, -0.15) is 0 Å². The van der Waals surface area contributed by atoms with Crippen molar-refractivity contribution in [3.05, 3.63) is 11.3 Å². The number of methoxy groups -OCH3 is 1. The van der Waals surface area contributed by atoms with Gasteiger partial charge in [-0.05, 0) is 19.9 Å². The minimum absolute atomic E-state index is 0.182. The van der Waals surface area contributed by atoms with Crippen molar-refractivity contribution in [2.24, 2.45) is 5.73 Å². The zero-order chi connectivity index (χ0) is 10.3. The fourth-order valence-electron chi connectivity index (χ4n) is 2.56. The first-order valence-corrected chi connectivity index (χ1v) is 4.94. The first kappa shape index (κ1) is 9.52. The van der Waals surface area contributed by atoms with Crippen LogP contribution in [0.3, 0.4) is 0 Å². The molecule has 14 heavy (non-hydrogen) atoms. The van der Waals surface area contributed by atoms with Crippen LogP contribution in [0, 0.1) is 0 Å². The molecule has 0 amide bonds. The lowest BCUT2D eigenvalue weighted by atomic mass is 9.99. The van der Waals surface area contributed by atoms with Crippen LogP contribution in [0.15, 0.2) is 11.3 Å². The molecule has 0 saturated carbocycles. The summed E-state index contributed by atoms with van der Waals surface area (Å²) >= 11 is 0. The van der Waals surface area contributed by atoms with Crippen molar-refractivity contribution >= 4 is 5.97 Å². The molecule has 0 spiro atoms. The number of nitrogens with two attached hydrogens (primary N) is 1. The highest BCUT2D eigenvalue weighted by atomic mass is 16.5. The summed E-state index contributed by atoms with van der Waals surface area (Å²) in [5.41, 5.74) is 7.30.